The lowest BCUT2D eigenvalue weighted by Crippen LogP contribution is -2.40. The van der Waals surface area contributed by atoms with Crippen LogP contribution in [-0.4, -0.2) is 34.6 Å². The molecule has 1 aliphatic rings. The molecule has 1 fully saturated rings. The molecule has 0 saturated carbocycles. The van der Waals surface area contributed by atoms with Crippen molar-refractivity contribution in [3.8, 4) is 6.07 Å². The number of nitriles is 1. The summed E-state index contributed by atoms with van der Waals surface area (Å²) < 4.78 is 13.2. The highest BCUT2D eigenvalue weighted by Crippen LogP contribution is 2.25. The second-order valence-electron chi connectivity index (χ2n) is 4.90. The third-order valence-electron chi connectivity index (χ3n) is 3.67. The van der Waals surface area contributed by atoms with Crippen LogP contribution in [0.2, 0.25) is 0 Å². The fourth-order valence-electron chi connectivity index (χ4n) is 2.44. The van der Waals surface area contributed by atoms with Gasteiger partial charge in [-0.05, 0) is 31.5 Å². The Kier molecular flexibility index (Phi) is 4.08. The summed E-state index contributed by atoms with van der Waals surface area (Å²) >= 11 is 0. The van der Waals surface area contributed by atoms with Crippen LogP contribution in [0.25, 0.3) is 0 Å². The van der Waals surface area contributed by atoms with E-state index >= 15 is 0 Å². The molecule has 2 rings (SSSR count). The number of halogens is 1. The number of urea groups is 1. The summed E-state index contributed by atoms with van der Waals surface area (Å²) in [5.74, 6) is -2.17. The Bertz CT molecular complexity index is 626. The summed E-state index contributed by atoms with van der Waals surface area (Å²) in [5.41, 5.74) is 0.134. The maximum atomic E-state index is 13.2. The SMILES string of the molecule is CC1C(C(=O)O)CCN1C(=O)Nc1ccc(F)c(C#N)c1. The van der Waals surface area contributed by atoms with Gasteiger partial charge in [0.05, 0.1) is 11.5 Å². The van der Waals surface area contributed by atoms with Crippen molar-refractivity contribution in [2.24, 2.45) is 5.92 Å². The van der Waals surface area contributed by atoms with E-state index in [0.29, 0.717) is 18.7 Å². The number of aliphatic carboxylic acids is 1. The van der Waals surface area contributed by atoms with E-state index in [4.69, 9.17) is 10.4 Å². The summed E-state index contributed by atoms with van der Waals surface area (Å²) in [4.78, 5) is 24.6. The van der Waals surface area contributed by atoms with Gasteiger partial charge in [-0.3, -0.25) is 4.79 Å². The number of carboxylic acid groups (broad SMARTS) is 1. The van der Waals surface area contributed by atoms with Crippen LogP contribution in [-0.2, 0) is 4.79 Å². The molecule has 0 radical (unpaired) electrons. The van der Waals surface area contributed by atoms with Gasteiger partial charge in [-0.25, -0.2) is 9.18 Å². The minimum Gasteiger partial charge on any atom is -0.481 e. The smallest absolute Gasteiger partial charge is 0.322 e. The van der Waals surface area contributed by atoms with E-state index in [9.17, 15) is 14.0 Å². The summed E-state index contributed by atoms with van der Waals surface area (Å²) in [5, 5.41) is 20.3. The molecule has 6 nitrogen and oxygen atoms in total. The Labute approximate surface area is 120 Å². The van der Waals surface area contributed by atoms with E-state index in [-0.39, 0.29) is 5.56 Å². The van der Waals surface area contributed by atoms with Gasteiger partial charge in [-0.1, -0.05) is 0 Å². The second kappa shape index (κ2) is 5.79. The summed E-state index contributed by atoms with van der Waals surface area (Å²) in [6.07, 6.45) is 0.400. The molecule has 1 saturated heterocycles. The number of carboxylic acids is 1. The van der Waals surface area contributed by atoms with E-state index in [1.807, 2.05) is 0 Å². The van der Waals surface area contributed by atoms with Crippen LogP contribution in [0.5, 0.6) is 0 Å². The van der Waals surface area contributed by atoms with E-state index in [1.165, 1.54) is 17.0 Å². The lowest BCUT2D eigenvalue weighted by Gasteiger charge is -2.23. The molecule has 1 aromatic carbocycles. The van der Waals surface area contributed by atoms with Crippen LogP contribution >= 0.6 is 0 Å². The van der Waals surface area contributed by atoms with Crippen LogP contribution < -0.4 is 5.32 Å². The fraction of sp³-hybridized carbons (Fsp3) is 0.357. The summed E-state index contributed by atoms with van der Waals surface area (Å²) in [7, 11) is 0. The molecule has 0 aliphatic carbocycles. The Morgan fingerprint density at radius 3 is 2.81 bits per heavy atom. The Morgan fingerprint density at radius 2 is 2.24 bits per heavy atom. The lowest BCUT2D eigenvalue weighted by atomic mass is 10.0. The quantitative estimate of drug-likeness (QED) is 0.871. The Hall–Kier alpha value is -2.62. The fourth-order valence-corrected chi connectivity index (χ4v) is 2.44. The van der Waals surface area contributed by atoms with Gasteiger partial charge >= 0.3 is 12.0 Å². The molecule has 0 bridgehead atoms. The third-order valence-corrected chi connectivity index (χ3v) is 3.67. The second-order valence-corrected chi connectivity index (χ2v) is 4.90. The number of anilines is 1. The Balaban J connectivity index is 2.09. The lowest BCUT2D eigenvalue weighted by molar-refractivity contribution is -0.142. The van der Waals surface area contributed by atoms with Crippen LogP contribution in [0.3, 0.4) is 0 Å². The number of benzene rings is 1. The first-order valence-electron chi connectivity index (χ1n) is 6.44. The van der Waals surface area contributed by atoms with Crippen molar-refractivity contribution < 1.29 is 19.1 Å². The number of nitrogens with zero attached hydrogens (tertiary/aromatic N) is 2. The number of nitrogens with one attached hydrogen (secondary N) is 1. The number of rotatable bonds is 2. The molecule has 110 valence electrons. The van der Waals surface area contributed by atoms with Gasteiger partial charge in [0.2, 0.25) is 0 Å². The molecular formula is C14H14FN3O3. The molecular weight excluding hydrogens is 277 g/mol. The summed E-state index contributed by atoms with van der Waals surface area (Å²) in [6.45, 7) is 2.02. The van der Waals surface area contributed by atoms with Crippen molar-refractivity contribution in [2.75, 3.05) is 11.9 Å². The van der Waals surface area contributed by atoms with Crippen molar-refractivity contribution in [1.82, 2.24) is 4.90 Å². The van der Waals surface area contributed by atoms with Crippen molar-refractivity contribution >= 4 is 17.7 Å². The van der Waals surface area contributed by atoms with E-state index in [0.717, 1.165) is 6.07 Å². The maximum absolute atomic E-state index is 13.2. The number of carbonyl (C=O) groups excluding carboxylic acids is 1. The average Bonchev–Trinajstić information content (AvgIpc) is 2.83. The number of hydrogen-bond acceptors (Lipinski definition) is 3. The van der Waals surface area contributed by atoms with Crippen molar-refractivity contribution in [2.45, 2.75) is 19.4 Å². The largest absolute Gasteiger partial charge is 0.481 e. The molecule has 2 N–H and O–H groups in total. The third kappa shape index (κ3) is 2.94. The monoisotopic (exact) mass is 291 g/mol. The van der Waals surface area contributed by atoms with Gasteiger partial charge in [-0.2, -0.15) is 5.26 Å². The normalized spacial score (nSPS) is 20.9. The van der Waals surface area contributed by atoms with E-state index < -0.39 is 29.8 Å². The molecule has 1 heterocycles. The zero-order valence-electron chi connectivity index (χ0n) is 11.3. The predicted octanol–water partition coefficient (Wildman–Crippen LogP) is 2.02. The topological polar surface area (TPSA) is 93.4 Å². The average molecular weight is 291 g/mol. The standard InChI is InChI=1S/C14H14FN3O3/c1-8-11(13(19)20)4-5-18(8)14(21)17-10-2-3-12(15)9(6-10)7-16/h2-3,6,8,11H,4-5H2,1H3,(H,17,21)(H,19,20). The van der Waals surface area contributed by atoms with Gasteiger partial charge in [0.1, 0.15) is 11.9 Å². The predicted molar refractivity (Wildman–Crippen MR) is 72.0 cm³/mol. The number of amides is 2. The molecule has 1 aliphatic heterocycles. The highest BCUT2D eigenvalue weighted by atomic mass is 19.1. The Morgan fingerprint density at radius 1 is 1.52 bits per heavy atom. The van der Waals surface area contributed by atoms with Gasteiger partial charge in [0.15, 0.2) is 0 Å². The molecule has 7 heteroatoms. The van der Waals surface area contributed by atoms with Crippen molar-refractivity contribution in [1.29, 1.82) is 5.26 Å². The van der Waals surface area contributed by atoms with Crippen molar-refractivity contribution in [3.05, 3.63) is 29.6 Å². The molecule has 2 unspecified atom stereocenters. The first-order valence-corrected chi connectivity index (χ1v) is 6.44. The highest BCUT2D eigenvalue weighted by molar-refractivity contribution is 5.90. The molecule has 21 heavy (non-hydrogen) atoms. The molecule has 0 spiro atoms. The van der Waals surface area contributed by atoms with Crippen LogP contribution in [0.1, 0.15) is 18.9 Å². The maximum Gasteiger partial charge on any atom is 0.322 e. The van der Waals surface area contributed by atoms with Gasteiger partial charge in [0, 0.05) is 18.3 Å². The summed E-state index contributed by atoms with van der Waals surface area (Å²) in [6, 6.07) is 4.50. The molecule has 2 amide bonds. The van der Waals surface area contributed by atoms with Crippen LogP contribution in [0.4, 0.5) is 14.9 Å². The van der Waals surface area contributed by atoms with E-state index in [2.05, 4.69) is 5.32 Å². The molecule has 1 aromatic rings. The molecule has 0 aromatic heterocycles. The van der Waals surface area contributed by atoms with Gasteiger partial charge in [0.25, 0.3) is 0 Å². The number of carbonyl (C=O) groups is 2. The number of hydrogen-bond donors (Lipinski definition) is 2. The number of likely N-dealkylation sites (tertiary alicyclic amines) is 1. The first kappa shape index (κ1) is 14.8. The van der Waals surface area contributed by atoms with E-state index in [1.54, 1.807) is 13.0 Å². The molecule has 2 atom stereocenters. The zero-order chi connectivity index (χ0) is 15.6. The van der Waals surface area contributed by atoms with Crippen LogP contribution in [0, 0.1) is 23.1 Å². The minimum absolute atomic E-state index is 0.161. The van der Waals surface area contributed by atoms with Gasteiger partial charge in [-0.15, -0.1) is 0 Å². The minimum atomic E-state index is -0.925. The van der Waals surface area contributed by atoms with Crippen molar-refractivity contribution in [3.63, 3.8) is 0 Å². The van der Waals surface area contributed by atoms with Crippen LogP contribution in [0.15, 0.2) is 18.2 Å². The van der Waals surface area contributed by atoms with Gasteiger partial charge < -0.3 is 15.3 Å². The highest BCUT2D eigenvalue weighted by Gasteiger charge is 2.38. The first-order chi connectivity index (χ1) is 9.93. The zero-order valence-corrected chi connectivity index (χ0v) is 11.3.